The van der Waals surface area contributed by atoms with Gasteiger partial charge in [-0.15, -0.1) is 0 Å². The second-order valence-corrected chi connectivity index (χ2v) is 8.87. The van der Waals surface area contributed by atoms with Crippen LogP contribution in [0.15, 0.2) is 109 Å². The van der Waals surface area contributed by atoms with Crippen LogP contribution in [-0.4, -0.2) is 17.0 Å². The van der Waals surface area contributed by atoms with Crippen LogP contribution in [0.5, 0.6) is 5.75 Å². The summed E-state index contributed by atoms with van der Waals surface area (Å²) in [5, 5.41) is 19.3. The number of para-hydroxylation sites is 1. The van der Waals surface area contributed by atoms with Gasteiger partial charge in [-0.3, -0.25) is 9.59 Å². The monoisotopic (exact) mass is 473 g/mol. The van der Waals surface area contributed by atoms with Crippen LogP contribution in [0.2, 0.25) is 0 Å². The first-order valence-corrected chi connectivity index (χ1v) is 11.7. The molecule has 0 heterocycles. The van der Waals surface area contributed by atoms with E-state index in [1.54, 1.807) is 24.3 Å². The summed E-state index contributed by atoms with van der Waals surface area (Å²) >= 11 is 0. The predicted molar refractivity (Wildman–Crippen MR) is 135 cm³/mol. The van der Waals surface area contributed by atoms with E-state index in [1.807, 2.05) is 84.9 Å². The molecule has 0 radical (unpaired) electrons. The number of rotatable bonds is 6. The summed E-state index contributed by atoms with van der Waals surface area (Å²) in [6, 6.07) is 35.0. The molecular formula is C31H23NO4. The van der Waals surface area contributed by atoms with Crippen LogP contribution < -0.4 is 4.74 Å². The number of aliphatic carboxylic acids is 1. The highest BCUT2D eigenvalue weighted by atomic mass is 16.5. The number of carbonyl (C=O) groups excluding carboxylic acids is 1. The number of hydrogen-bond donors (Lipinski definition) is 1. The summed E-state index contributed by atoms with van der Waals surface area (Å²) in [6.45, 7) is 0. The van der Waals surface area contributed by atoms with Crippen molar-refractivity contribution in [1.82, 2.24) is 0 Å². The van der Waals surface area contributed by atoms with E-state index in [0.717, 1.165) is 22.3 Å². The van der Waals surface area contributed by atoms with Crippen molar-refractivity contribution in [3.63, 3.8) is 0 Å². The molecule has 5 rings (SSSR count). The molecule has 176 valence electrons. The molecule has 4 aromatic rings. The van der Waals surface area contributed by atoms with Gasteiger partial charge in [-0.1, -0.05) is 91.0 Å². The zero-order valence-corrected chi connectivity index (χ0v) is 19.3. The molecule has 1 unspecified atom stereocenters. The molecule has 1 N–H and O–H groups in total. The average Bonchev–Trinajstić information content (AvgIpc) is 2.89. The number of ether oxygens (including phenoxy) is 1. The lowest BCUT2D eigenvalue weighted by molar-refractivity contribution is -0.158. The second kappa shape index (κ2) is 9.89. The van der Waals surface area contributed by atoms with Crippen molar-refractivity contribution in [3.8, 4) is 22.9 Å². The van der Waals surface area contributed by atoms with Gasteiger partial charge < -0.3 is 9.84 Å². The molecule has 4 aromatic carbocycles. The Morgan fingerprint density at radius 2 is 1.22 bits per heavy atom. The number of esters is 1. The molecule has 1 fully saturated rings. The SMILES string of the molecule is N#Cc1ccc(-c2ccccc2OC(=O)[C@H]2C(c3ccccc3)[C@@H](C(=O)O)[C@H]2c2ccccc2)cc1. The minimum atomic E-state index is -0.931. The Bertz CT molecular complexity index is 1380. The summed E-state index contributed by atoms with van der Waals surface area (Å²) in [7, 11) is 0. The largest absolute Gasteiger partial charge is 0.481 e. The number of carbonyl (C=O) groups is 2. The van der Waals surface area contributed by atoms with Crippen LogP contribution >= 0.6 is 0 Å². The van der Waals surface area contributed by atoms with Crippen LogP contribution in [-0.2, 0) is 9.59 Å². The Labute approximate surface area is 209 Å². The summed E-state index contributed by atoms with van der Waals surface area (Å²) < 4.78 is 6.00. The Morgan fingerprint density at radius 3 is 1.75 bits per heavy atom. The first-order chi connectivity index (χ1) is 17.6. The number of benzene rings is 4. The quantitative estimate of drug-likeness (QED) is 0.273. The van der Waals surface area contributed by atoms with Crippen molar-refractivity contribution in [3.05, 3.63) is 126 Å². The van der Waals surface area contributed by atoms with Gasteiger partial charge in [-0.25, -0.2) is 0 Å². The van der Waals surface area contributed by atoms with Crippen molar-refractivity contribution >= 4 is 11.9 Å². The van der Waals surface area contributed by atoms with Gasteiger partial charge in [0.05, 0.1) is 23.5 Å². The number of nitriles is 1. The zero-order valence-electron chi connectivity index (χ0n) is 19.3. The molecule has 5 heteroatoms. The first-order valence-electron chi connectivity index (χ1n) is 11.7. The fraction of sp³-hybridized carbons (Fsp3) is 0.129. The summed E-state index contributed by atoms with van der Waals surface area (Å²) in [6.07, 6.45) is 0. The van der Waals surface area contributed by atoms with Crippen molar-refractivity contribution in [2.24, 2.45) is 11.8 Å². The molecule has 0 saturated heterocycles. The van der Waals surface area contributed by atoms with E-state index in [4.69, 9.17) is 10.00 Å². The molecule has 0 amide bonds. The molecule has 4 atom stereocenters. The van der Waals surface area contributed by atoms with Gasteiger partial charge in [0.2, 0.25) is 0 Å². The van der Waals surface area contributed by atoms with Crippen LogP contribution in [0.4, 0.5) is 0 Å². The maximum atomic E-state index is 13.8. The van der Waals surface area contributed by atoms with Crippen LogP contribution in [0.25, 0.3) is 11.1 Å². The lowest BCUT2D eigenvalue weighted by Gasteiger charge is -2.49. The summed E-state index contributed by atoms with van der Waals surface area (Å²) in [5.41, 5.74) is 3.68. The number of nitrogens with zero attached hydrogens (tertiary/aromatic N) is 1. The highest BCUT2D eigenvalue weighted by Gasteiger charge is 2.59. The van der Waals surface area contributed by atoms with E-state index in [2.05, 4.69) is 6.07 Å². The lowest BCUT2D eigenvalue weighted by Crippen LogP contribution is -2.52. The van der Waals surface area contributed by atoms with Crippen molar-refractivity contribution in [2.75, 3.05) is 0 Å². The topological polar surface area (TPSA) is 87.4 Å². The zero-order chi connectivity index (χ0) is 25.1. The molecule has 1 aliphatic carbocycles. The average molecular weight is 474 g/mol. The lowest BCUT2D eigenvalue weighted by atomic mass is 9.52. The molecule has 0 bridgehead atoms. The molecule has 0 spiro atoms. The Kier molecular flexibility index (Phi) is 6.34. The third kappa shape index (κ3) is 4.25. The highest BCUT2D eigenvalue weighted by molar-refractivity contribution is 5.87. The smallest absolute Gasteiger partial charge is 0.315 e. The van der Waals surface area contributed by atoms with Crippen molar-refractivity contribution < 1.29 is 19.4 Å². The number of hydrogen-bond acceptors (Lipinski definition) is 4. The van der Waals surface area contributed by atoms with Gasteiger partial charge in [-0.2, -0.15) is 5.26 Å². The van der Waals surface area contributed by atoms with Crippen molar-refractivity contribution in [1.29, 1.82) is 5.26 Å². The van der Waals surface area contributed by atoms with Gasteiger partial charge in [0, 0.05) is 17.4 Å². The van der Waals surface area contributed by atoms with E-state index in [9.17, 15) is 14.7 Å². The van der Waals surface area contributed by atoms with E-state index in [1.165, 1.54) is 0 Å². The molecule has 1 saturated carbocycles. The maximum absolute atomic E-state index is 13.8. The summed E-state index contributed by atoms with van der Waals surface area (Å²) in [4.78, 5) is 26.1. The van der Waals surface area contributed by atoms with Crippen molar-refractivity contribution in [2.45, 2.75) is 11.8 Å². The minimum Gasteiger partial charge on any atom is -0.481 e. The molecule has 36 heavy (non-hydrogen) atoms. The van der Waals surface area contributed by atoms with E-state index >= 15 is 0 Å². The molecule has 0 aromatic heterocycles. The van der Waals surface area contributed by atoms with Gasteiger partial charge in [0.15, 0.2) is 0 Å². The standard InChI is InChI=1S/C31H23NO4/c32-19-20-15-17-21(18-16-20)24-13-7-8-14-25(24)36-31(35)29-26(22-9-3-1-4-10-22)28(30(33)34)27(29)23-11-5-2-6-12-23/h1-18,26-29H,(H,33,34)/t26-,27?,28+,29-/m1/s1. The van der Waals surface area contributed by atoms with Crippen LogP contribution in [0.3, 0.4) is 0 Å². The van der Waals surface area contributed by atoms with Crippen LogP contribution in [0.1, 0.15) is 28.5 Å². The Morgan fingerprint density at radius 1 is 0.694 bits per heavy atom. The highest BCUT2D eigenvalue weighted by Crippen LogP contribution is 2.58. The van der Waals surface area contributed by atoms with Gasteiger partial charge in [-0.05, 0) is 34.9 Å². The Balaban J connectivity index is 1.52. The van der Waals surface area contributed by atoms with E-state index < -0.39 is 35.6 Å². The first kappa shape index (κ1) is 23.1. The van der Waals surface area contributed by atoms with Gasteiger partial charge in [0.25, 0.3) is 0 Å². The van der Waals surface area contributed by atoms with Gasteiger partial charge >= 0.3 is 11.9 Å². The summed E-state index contributed by atoms with van der Waals surface area (Å²) in [5.74, 6) is -3.43. The number of carboxylic acids is 1. The fourth-order valence-corrected chi connectivity index (χ4v) is 5.22. The van der Waals surface area contributed by atoms with E-state index in [0.29, 0.717) is 11.3 Å². The minimum absolute atomic E-state index is 0.393. The second-order valence-electron chi connectivity index (χ2n) is 8.87. The maximum Gasteiger partial charge on any atom is 0.315 e. The Hall–Kier alpha value is -4.69. The van der Waals surface area contributed by atoms with E-state index in [-0.39, 0.29) is 0 Å². The normalized spacial score (nSPS) is 20.5. The van der Waals surface area contributed by atoms with Gasteiger partial charge in [0.1, 0.15) is 5.75 Å². The number of carboxylic acid groups (broad SMARTS) is 1. The molecule has 0 aliphatic heterocycles. The molecule has 5 nitrogen and oxygen atoms in total. The molecular weight excluding hydrogens is 450 g/mol. The predicted octanol–water partition coefficient (Wildman–Crippen LogP) is 6.03. The molecule has 1 aliphatic rings. The third-order valence-corrected chi connectivity index (χ3v) is 6.90. The fourth-order valence-electron chi connectivity index (χ4n) is 5.22. The third-order valence-electron chi connectivity index (χ3n) is 6.90. The van der Waals surface area contributed by atoms with Crippen LogP contribution in [0, 0.1) is 23.2 Å².